The van der Waals surface area contributed by atoms with Gasteiger partial charge in [0, 0.05) is 34.1 Å². The molecule has 2 nitrogen and oxygen atoms in total. The molecular weight excluding hydrogens is 264 g/mol. The Kier molecular flexibility index (Phi) is 4.48. The summed E-state index contributed by atoms with van der Waals surface area (Å²) >= 11 is 2.01. The number of pyridine rings is 1. The largest absolute Gasteiger partial charge is 0.309 e. The minimum atomic E-state index is 0.408. The second-order valence-electron chi connectivity index (χ2n) is 5.44. The molecular formula is C17H22N2S. The van der Waals surface area contributed by atoms with Crippen LogP contribution >= 0.6 is 11.3 Å². The average Bonchev–Trinajstić information content (AvgIpc) is 2.92. The van der Waals surface area contributed by atoms with Crippen LogP contribution in [-0.4, -0.2) is 11.5 Å². The topological polar surface area (TPSA) is 24.9 Å². The quantitative estimate of drug-likeness (QED) is 0.901. The number of aromatic nitrogens is 1. The Hall–Kier alpha value is -1.19. The lowest BCUT2D eigenvalue weighted by Gasteiger charge is -2.15. The van der Waals surface area contributed by atoms with Crippen molar-refractivity contribution >= 4 is 11.3 Å². The lowest BCUT2D eigenvalue weighted by Crippen LogP contribution is -2.22. The molecule has 20 heavy (non-hydrogen) atoms. The van der Waals surface area contributed by atoms with E-state index in [1.165, 1.54) is 36.3 Å². The third-order valence-corrected chi connectivity index (χ3v) is 5.30. The maximum atomic E-state index is 4.47. The van der Waals surface area contributed by atoms with Crippen LogP contribution in [0.3, 0.4) is 0 Å². The smallest absolute Gasteiger partial charge is 0.0470 e. The molecule has 1 aliphatic rings. The molecule has 2 aromatic heterocycles. The molecule has 1 unspecified atom stereocenters. The third-order valence-electron chi connectivity index (χ3n) is 3.95. The summed E-state index contributed by atoms with van der Waals surface area (Å²) in [7, 11) is 0. The zero-order chi connectivity index (χ0) is 13.8. The van der Waals surface area contributed by atoms with Gasteiger partial charge < -0.3 is 5.32 Å². The van der Waals surface area contributed by atoms with Gasteiger partial charge in [0.15, 0.2) is 0 Å². The molecule has 0 bridgehead atoms. The number of rotatable bonds is 5. The van der Waals surface area contributed by atoms with Gasteiger partial charge in [0.1, 0.15) is 0 Å². The molecule has 0 radical (unpaired) electrons. The summed E-state index contributed by atoms with van der Waals surface area (Å²) in [5.41, 5.74) is 2.77. The Morgan fingerprint density at radius 1 is 1.30 bits per heavy atom. The highest BCUT2D eigenvalue weighted by Gasteiger charge is 2.19. The summed E-state index contributed by atoms with van der Waals surface area (Å²) in [6.07, 6.45) is 8.14. The van der Waals surface area contributed by atoms with E-state index in [1.54, 1.807) is 10.4 Å². The van der Waals surface area contributed by atoms with Gasteiger partial charge in [-0.2, -0.15) is 0 Å². The van der Waals surface area contributed by atoms with E-state index in [9.17, 15) is 0 Å². The molecule has 2 aromatic rings. The number of aryl methyl sites for hydroxylation is 2. The average molecular weight is 286 g/mol. The summed E-state index contributed by atoms with van der Waals surface area (Å²) in [5, 5.41) is 3.63. The predicted octanol–water partition coefficient (Wildman–Crippen LogP) is 3.92. The van der Waals surface area contributed by atoms with Crippen molar-refractivity contribution in [3.63, 3.8) is 0 Å². The highest BCUT2D eigenvalue weighted by molar-refractivity contribution is 7.12. The first-order valence-electron chi connectivity index (χ1n) is 7.61. The molecule has 106 valence electrons. The summed E-state index contributed by atoms with van der Waals surface area (Å²) in [5.74, 6) is 0. The maximum absolute atomic E-state index is 4.47. The van der Waals surface area contributed by atoms with Crippen molar-refractivity contribution in [1.82, 2.24) is 10.3 Å². The van der Waals surface area contributed by atoms with Crippen molar-refractivity contribution in [2.75, 3.05) is 6.54 Å². The van der Waals surface area contributed by atoms with E-state index in [-0.39, 0.29) is 0 Å². The summed E-state index contributed by atoms with van der Waals surface area (Å²) < 4.78 is 0. The lowest BCUT2D eigenvalue weighted by atomic mass is 9.98. The van der Waals surface area contributed by atoms with Crippen LogP contribution in [-0.2, 0) is 19.3 Å². The van der Waals surface area contributed by atoms with Crippen LogP contribution in [0.25, 0.3) is 0 Å². The fourth-order valence-electron chi connectivity index (χ4n) is 2.93. The SMILES string of the molecule is CCNC(Cc1ccccn1)c1cc2c(s1)CCCC2. The van der Waals surface area contributed by atoms with Crippen LogP contribution in [0.5, 0.6) is 0 Å². The van der Waals surface area contributed by atoms with E-state index in [2.05, 4.69) is 35.4 Å². The summed E-state index contributed by atoms with van der Waals surface area (Å²) in [4.78, 5) is 7.58. The highest BCUT2D eigenvalue weighted by atomic mass is 32.1. The normalized spacial score (nSPS) is 15.8. The molecule has 0 aromatic carbocycles. The van der Waals surface area contributed by atoms with Gasteiger partial charge in [0.2, 0.25) is 0 Å². The van der Waals surface area contributed by atoms with E-state index < -0.39 is 0 Å². The Balaban J connectivity index is 1.81. The molecule has 0 amide bonds. The van der Waals surface area contributed by atoms with Gasteiger partial charge in [0.25, 0.3) is 0 Å². The van der Waals surface area contributed by atoms with Crippen molar-refractivity contribution in [3.8, 4) is 0 Å². The summed E-state index contributed by atoms with van der Waals surface area (Å²) in [6, 6.07) is 9.03. The molecule has 1 aliphatic carbocycles. The number of hydrogen-bond donors (Lipinski definition) is 1. The van der Waals surface area contributed by atoms with Crippen molar-refractivity contribution in [3.05, 3.63) is 51.5 Å². The van der Waals surface area contributed by atoms with Crippen LogP contribution in [0.15, 0.2) is 30.5 Å². The van der Waals surface area contributed by atoms with Gasteiger partial charge >= 0.3 is 0 Å². The minimum Gasteiger partial charge on any atom is -0.309 e. The first kappa shape index (κ1) is 13.8. The highest BCUT2D eigenvalue weighted by Crippen LogP contribution is 2.33. The molecule has 0 spiro atoms. The molecule has 2 heterocycles. The summed E-state index contributed by atoms with van der Waals surface area (Å²) in [6.45, 7) is 3.18. The number of nitrogens with zero attached hydrogens (tertiary/aromatic N) is 1. The maximum Gasteiger partial charge on any atom is 0.0470 e. The van der Waals surface area contributed by atoms with Gasteiger partial charge in [-0.25, -0.2) is 0 Å². The third kappa shape index (κ3) is 3.10. The number of hydrogen-bond acceptors (Lipinski definition) is 3. The lowest BCUT2D eigenvalue weighted by molar-refractivity contribution is 0.552. The molecule has 3 heteroatoms. The standard InChI is InChI=1S/C17H22N2S/c1-2-18-15(12-14-8-5-6-10-19-14)17-11-13-7-3-4-9-16(13)20-17/h5-6,8,10-11,15,18H,2-4,7,9,12H2,1H3. The van der Waals surface area contributed by atoms with E-state index >= 15 is 0 Å². The van der Waals surface area contributed by atoms with E-state index in [0.29, 0.717) is 6.04 Å². The monoisotopic (exact) mass is 286 g/mol. The molecule has 1 N–H and O–H groups in total. The fraction of sp³-hybridized carbons (Fsp3) is 0.471. The number of fused-ring (bicyclic) bond motifs is 1. The second kappa shape index (κ2) is 6.51. The van der Waals surface area contributed by atoms with Crippen molar-refractivity contribution in [1.29, 1.82) is 0 Å². The molecule has 0 saturated heterocycles. The van der Waals surface area contributed by atoms with Crippen molar-refractivity contribution in [2.24, 2.45) is 0 Å². The first-order valence-corrected chi connectivity index (χ1v) is 8.43. The van der Waals surface area contributed by atoms with Gasteiger partial charge in [-0.05, 0) is 56.0 Å². The molecule has 0 saturated carbocycles. The van der Waals surface area contributed by atoms with Gasteiger partial charge in [-0.3, -0.25) is 4.98 Å². The van der Waals surface area contributed by atoms with Crippen LogP contribution in [0.1, 0.15) is 46.8 Å². The number of nitrogens with one attached hydrogen (secondary N) is 1. The van der Waals surface area contributed by atoms with E-state index in [1.807, 2.05) is 23.6 Å². The zero-order valence-electron chi connectivity index (χ0n) is 12.1. The second-order valence-corrected chi connectivity index (χ2v) is 6.61. The Bertz CT molecular complexity index is 524. The van der Waals surface area contributed by atoms with Crippen LogP contribution < -0.4 is 5.32 Å². The van der Waals surface area contributed by atoms with Crippen LogP contribution in [0.4, 0.5) is 0 Å². The Morgan fingerprint density at radius 2 is 2.20 bits per heavy atom. The Morgan fingerprint density at radius 3 is 2.95 bits per heavy atom. The molecule has 3 rings (SSSR count). The van der Waals surface area contributed by atoms with Crippen molar-refractivity contribution < 1.29 is 0 Å². The van der Waals surface area contributed by atoms with Crippen LogP contribution in [0.2, 0.25) is 0 Å². The predicted molar refractivity (Wildman–Crippen MR) is 85.3 cm³/mol. The number of likely N-dealkylation sites (N-methyl/N-ethyl adjacent to an activating group) is 1. The van der Waals surface area contributed by atoms with Crippen molar-refractivity contribution in [2.45, 2.75) is 45.1 Å². The van der Waals surface area contributed by atoms with Crippen LogP contribution in [0, 0.1) is 0 Å². The van der Waals surface area contributed by atoms with Gasteiger partial charge in [-0.15, -0.1) is 11.3 Å². The Labute approximate surface area is 125 Å². The molecule has 0 aliphatic heterocycles. The zero-order valence-corrected chi connectivity index (χ0v) is 12.9. The molecule has 1 atom stereocenters. The van der Waals surface area contributed by atoms with Gasteiger partial charge in [0.05, 0.1) is 0 Å². The molecule has 0 fully saturated rings. The number of thiophene rings is 1. The van der Waals surface area contributed by atoms with Gasteiger partial charge in [-0.1, -0.05) is 13.0 Å². The van der Waals surface area contributed by atoms with E-state index in [0.717, 1.165) is 13.0 Å². The fourth-order valence-corrected chi connectivity index (χ4v) is 4.27. The first-order chi connectivity index (χ1) is 9.86. The van der Waals surface area contributed by atoms with E-state index in [4.69, 9.17) is 0 Å². The minimum absolute atomic E-state index is 0.408.